The Bertz CT molecular complexity index is 560. The van der Waals surface area contributed by atoms with E-state index in [4.69, 9.17) is 9.84 Å². The molecule has 1 aromatic carbocycles. The van der Waals surface area contributed by atoms with Crippen molar-refractivity contribution in [2.45, 2.75) is 6.42 Å². The topological polar surface area (TPSA) is 122 Å². The van der Waals surface area contributed by atoms with Gasteiger partial charge in [-0.2, -0.15) is 0 Å². The second kappa shape index (κ2) is 7.08. The van der Waals surface area contributed by atoms with E-state index in [9.17, 15) is 19.7 Å². The number of anilines is 1. The van der Waals surface area contributed by atoms with E-state index in [2.05, 4.69) is 5.32 Å². The van der Waals surface area contributed by atoms with Crippen molar-refractivity contribution in [3.8, 4) is 5.75 Å². The number of hydrogen-bond donors (Lipinski definition) is 2. The van der Waals surface area contributed by atoms with Crippen LogP contribution in [0.15, 0.2) is 18.2 Å². The zero-order chi connectivity index (χ0) is 16.0. The molecule has 0 heterocycles. The number of nitro benzene ring substituents is 1. The van der Waals surface area contributed by atoms with E-state index in [1.807, 2.05) is 0 Å². The summed E-state index contributed by atoms with van der Waals surface area (Å²) in [5.74, 6) is -0.761. The fourth-order valence-corrected chi connectivity index (χ4v) is 1.48. The van der Waals surface area contributed by atoms with Gasteiger partial charge in [-0.25, -0.2) is 4.79 Å². The average Bonchev–Trinajstić information content (AvgIpc) is 2.44. The van der Waals surface area contributed by atoms with E-state index in [1.165, 1.54) is 32.4 Å². The Morgan fingerprint density at radius 1 is 1.48 bits per heavy atom. The Morgan fingerprint density at radius 2 is 2.14 bits per heavy atom. The van der Waals surface area contributed by atoms with Gasteiger partial charge in [0.15, 0.2) is 0 Å². The van der Waals surface area contributed by atoms with Gasteiger partial charge in [0.05, 0.1) is 24.1 Å². The van der Waals surface area contributed by atoms with E-state index in [-0.39, 0.29) is 30.1 Å². The summed E-state index contributed by atoms with van der Waals surface area (Å²) >= 11 is 0. The molecule has 0 spiro atoms. The highest BCUT2D eigenvalue weighted by Crippen LogP contribution is 2.28. The molecule has 0 saturated heterocycles. The summed E-state index contributed by atoms with van der Waals surface area (Å²) in [5, 5.41) is 21.7. The molecule has 1 aromatic rings. The summed E-state index contributed by atoms with van der Waals surface area (Å²) in [6, 6.07) is 3.20. The predicted octanol–water partition coefficient (Wildman–Crippen LogP) is 1.54. The highest BCUT2D eigenvalue weighted by molar-refractivity contribution is 5.91. The van der Waals surface area contributed by atoms with Gasteiger partial charge in [-0.3, -0.25) is 14.9 Å². The smallest absolute Gasteiger partial charge is 0.321 e. The lowest BCUT2D eigenvalue weighted by Crippen LogP contribution is -2.33. The number of ether oxygens (including phenoxy) is 1. The second-order valence-corrected chi connectivity index (χ2v) is 4.14. The normalized spacial score (nSPS) is 9.81. The number of non-ortho nitro benzene ring substituents is 1. The van der Waals surface area contributed by atoms with E-state index < -0.39 is 16.9 Å². The maximum Gasteiger partial charge on any atom is 0.321 e. The Morgan fingerprint density at radius 3 is 2.67 bits per heavy atom. The molecular formula is C12H15N3O6. The number of urea groups is 1. The van der Waals surface area contributed by atoms with Crippen LogP contribution in [-0.4, -0.2) is 47.6 Å². The van der Waals surface area contributed by atoms with Gasteiger partial charge < -0.3 is 20.1 Å². The van der Waals surface area contributed by atoms with Crippen LogP contribution in [0.3, 0.4) is 0 Å². The number of nitrogens with one attached hydrogen (secondary N) is 1. The first-order valence-corrected chi connectivity index (χ1v) is 5.91. The minimum atomic E-state index is -1.03. The van der Waals surface area contributed by atoms with Crippen molar-refractivity contribution >= 4 is 23.4 Å². The van der Waals surface area contributed by atoms with Gasteiger partial charge >= 0.3 is 12.0 Å². The molecule has 0 unspecified atom stereocenters. The SMILES string of the molecule is COc1ccc([N+](=O)[O-])cc1NC(=O)N(C)CCC(=O)O. The van der Waals surface area contributed by atoms with Crippen LogP contribution in [0, 0.1) is 10.1 Å². The zero-order valence-electron chi connectivity index (χ0n) is 11.5. The number of aliphatic carboxylic acids is 1. The van der Waals surface area contributed by atoms with Crippen molar-refractivity contribution < 1.29 is 24.4 Å². The van der Waals surface area contributed by atoms with Gasteiger partial charge in [-0.1, -0.05) is 0 Å². The molecule has 0 aliphatic rings. The summed E-state index contributed by atoms with van der Waals surface area (Å²) < 4.78 is 5.01. The van der Waals surface area contributed by atoms with Crippen molar-refractivity contribution in [1.82, 2.24) is 4.90 Å². The molecule has 1 rings (SSSR count). The summed E-state index contributed by atoms with van der Waals surface area (Å²) in [4.78, 5) is 33.6. The number of rotatable bonds is 6. The minimum absolute atomic E-state index is 0.0123. The highest BCUT2D eigenvalue weighted by atomic mass is 16.6. The molecule has 0 saturated carbocycles. The molecule has 0 aromatic heterocycles. The lowest BCUT2D eigenvalue weighted by molar-refractivity contribution is -0.384. The van der Waals surface area contributed by atoms with Gasteiger partial charge in [0, 0.05) is 25.7 Å². The Balaban J connectivity index is 2.85. The van der Waals surface area contributed by atoms with Crippen molar-refractivity contribution in [3.05, 3.63) is 28.3 Å². The van der Waals surface area contributed by atoms with Crippen LogP contribution >= 0.6 is 0 Å². The molecule has 2 N–H and O–H groups in total. The molecule has 0 bridgehead atoms. The fraction of sp³-hybridized carbons (Fsp3) is 0.333. The summed E-state index contributed by atoms with van der Waals surface area (Å²) in [6.45, 7) is 0.0123. The highest BCUT2D eigenvalue weighted by Gasteiger charge is 2.16. The maximum atomic E-state index is 11.9. The summed E-state index contributed by atoms with van der Waals surface area (Å²) in [6.07, 6.45) is -0.198. The van der Waals surface area contributed by atoms with Crippen LogP contribution in [0.2, 0.25) is 0 Å². The average molecular weight is 297 g/mol. The lowest BCUT2D eigenvalue weighted by atomic mass is 10.2. The van der Waals surface area contributed by atoms with Gasteiger partial charge in [0.2, 0.25) is 0 Å². The largest absolute Gasteiger partial charge is 0.495 e. The molecular weight excluding hydrogens is 282 g/mol. The summed E-state index contributed by atoms with van der Waals surface area (Å²) in [5.41, 5.74) is -0.0573. The molecule has 114 valence electrons. The maximum absolute atomic E-state index is 11.9. The molecule has 0 atom stereocenters. The first kappa shape index (κ1) is 16.2. The quantitative estimate of drug-likeness (QED) is 0.606. The van der Waals surface area contributed by atoms with E-state index in [0.717, 1.165) is 4.90 Å². The van der Waals surface area contributed by atoms with Crippen molar-refractivity contribution in [2.75, 3.05) is 26.0 Å². The number of nitrogens with zero attached hydrogens (tertiary/aromatic N) is 2. The standard InChI is InChI=1S/C12H15N3O6/c1-14(6-5-11(16)17)12(18)13-9-7-8(15(19)20)3-4-10(9)21-2/h3-4,7H,5-6H2,1-2H3,(H,13,18)(H,16,17). The van der Waals surface area contributed by atoms with Crippen LogP contribution in [0.4, 0.5) is 16.2 Å². The van der Waals surface area contributed by atoms with Crippen LogP contribution < -0.4 is 10.1 Å². The Hall–Kier alpha value is -2.84. The van der Waals surface area contributed by atoms with E-state index >= 15 is 0 Å². The summed E-state index contributed by atoms with van der Waals surface area (Å²) in [7, 11) is 2.78. The van der Waals surface area contributed by atoms with Gasteiger partial charge in [0.1, 0.15) is 5.75 Å². The predicted molar refractivity (Wildman–Crippen MR) is 73.5 cm³/mol. The van der Waals surface area contributed by atoms with Crippen LogP contribution in [0.25, 0.3) is 0 Å². The monoisotopic (exact) mass is 297 g/mol. The lowest BCUT2D eigenvalue weighted by Gasteiger charge is -2.18. The first-order valence-electron chi connectivity index (χ1n) is 5.91. The third kappa shape index (κ3) is 4.64. The number of carbonyl (C=O) groups excluding carboxylic acids is 1. The molecule has 0 aliphatic carbocycles. The number of amides is 2. The van der Waals surface area contributed by atoms with Crippen LogP contribution in [-0.2, 0) is 4.79 Å². The van der Waals surface area contributed by atoms with Crippen molar-refractivity contribution in [2.24, 2.45) is 0 Å². The molecule has 0 radical (unpaired) electrons. The van der Waals surface area contributed by atoms with Crippen LogP contribution in [0.5, 0.6) is 5.75 Å². The molecule has 9 nitrogen and oxygen atoms in total. The van der Waals surface area contributed by atoms with Gasteiger partial charge in [-0.05, 0) is 6.07 Å². The number of hydrogen-bond acceptors (Lipinski definition) is 5. The van der Waals surface area contributed by atoms with E-state index in [1.54, 1.807) is 0 Å². The molecule has 0 aliphatic heterocycles. The van der Waals surface area contributed by atoms with Crippen molar-refractivity contribution in [1.29, 1.82) is 0 Å². The second-order valence-electron chi connectivity index (χ2n) is 4.14. The van der Waals surface area contributed by atoms with E-state index in [0.29, 0.717) is 0 Å². The fourth-order valence-electron chi connectivity index (χ4n) is 1.48. The number of nitro groups is 1. The molecule has 2 amide bonds. The third-order valence-electron chi connectivity index (χ3n) is 2.64. The molecule has 21 heavy (non-hydrogen) atoms. The Labute approximate surface area is 120 Å². The number of carbonyl (C=O) groups is 2. The number of carboxylic acids is 1. The zero-order valence-corrected chi connectivity index (χ0v) is 11.5. The first-order chi connectivity index (χ1) is 9.85. The van der Waals surface area contributed by atoms with Gasteiger partial charge in [-0.15, -0.1) is 0 Å². The number of methoxy groups -OCH3 is 1. The van der Waals surface area contributed by atoms with Crippen molar-refractivity contribution in [3.63, 3.8) is 0 Å². The molecule has 9 heteroatoms. The third-order valence-corrected chi connectivity index (χ3v) is 2.64. The number of benzene rings is 1. The van der Waals surface area contributed by atoms with Gasteiger partial charge in [0.25, 0.3) is 5.69 Å². The van der Waals surface area contributed by atoms with Crippen LogP contribution in [0.1, 0.15) is 6.42 Å². The minimum Gasteiger partial charge on any atom is -0.495 e. The molecule has 0 fully saturated rings. The number of carboxylic acid groups (broad SMARTS) is 1. The Kier molecular flexibility index (Phi) is 5.47.